The lowest BCUT2D eigenvalue weighted by atomic mass is 9.94. The number of piperidine rings is 1. The van der Waals surface area contributed by atoms with Crippen LogP contribution in [0.4, 0.5) is 5.69 Å². The number of amides is 1. The van der Waals surface area contributed by atoms with Crippen molar-refractivity contribution in [3.05, 3.63) is 65.2 Å². The normalized spacial score (nSPS) is 16.2. The molecule has 1 heterocycles. The summed E-state index contributed by atoms with van der Waals surface area (Å²) < 4.78 is 5.18. The molecule has 5 nitrogen and oxygen atoms in total. The summed E-state index contributed by atoms with van der Waals surface area (Å²) in [6.45, 7) is 7.62. The molecule has 0 spiro atoms. The van der Waals surface area contributed by atoms with Crippen LogP contribution in [0.2, 0.25) is 0 Å². The van der Waals surface area contributed by atoms with E-state index in [0.29, 0.717) is 32.5 Å². The first-order valence-electron chi connectivity index (χ1n) is 10.3. The fraction of sp³-hybridized carbons (Fsp3) is 0.417. The van der Waals surface area contributed by atoms with Gasteiger partial charge in [-0.15, -0.1) is 0 Å². The number of rotatable bonds is 6. The molecule has 0 radical (unpaired) electrons. The highest BCUT2D eigenvalue weighted by Gasteiger charge is 2.33. The van der Waals surface area contributed by atoms with Crippen molar-refractivity contribution in [1.29, 1.82) is 0 Å². The molecule has 29 heavy (non-hydrogen) atoms. The zero-order valence-electron chi connectivity index (χ0n) is 17.5. The number of carbonyl (C=O) groups is 2. The lowest BCUT2D eigenvalue weighted by molar-refractivity contribution is -0.149. The summed E-state index contributed by atoms with van der Waals surface area (Å²) in [5, 5.41) is 3.13. The van der Waals surface area contributed by atoms with Crippen LogP contribution in [-0.4, -0.2) is 36.5 Å². The molecular weight excluding hydrogens is 364 g/mol. The van der Waals surface area contributed by atoms with E-state index in [2.05, 4.69) is 10.2 Å². The van der Waals surface area contributed by atoms with Crippen LogP contribution in [0.25, 0.3) is 0 Å². The van der Waals surface area contributed by atoms with Crippen molar-refractivity contribution in [2.24, 2.45) is 5.92 Å². The van der Waals surface area contributed by atoms with Crippen LogP contribution >= 0.6 is 0 Å². The molecule has 0 unspecified atom stereocenters. The van der Waals surface area contributed by atoms with Crippen LogP contribution in [0.5, 0.6) is 0 Å². The first-order chi connectivity index (χ1) is 14.0. The molecule has 1 saturated heterocycles. The second kappa shape index (κ2) is 9.70. The molecule has 1 aliphatic heterocycles. The molecule has 0 aliphatic carbocycles. The Bertz CT molecular complexity index is 842. The van der Waals surface area contributed by atoms with Gasteiger partial charge in [0, 0.05) is 18.8 Å². The summed E-state index contributed by atoms with van der Waals surface area (Å²) in [6, 6.07) is 15.5. The number of carbonyl (C=O) groups excluding carboxylic acids is 2. The van der Waals surface area contributed by atoms with Crippen molar-refractivity contribution in [2.75, 3.05) is 25.0 Å². The maximum atomic E-state index is 13.3. The molecule has 1 fully saturated rings. The molecule has 1 N–H and O–H groups in total. The van der Waals surface area contributed by atoms with Gasteiger partial charge in [-0.25, -0.2) is 0 Å². The summed E-state index contributed by atoms with van der Waals surface area (Å²) in [7, 11) is 0. The number of aryl methyl sites for hydroxylation is 2. The minimum Gasteiger partial charge on any atom is -0.466 e. The standard InChI is InChI=1S/C24H30N2O3/c1-4-29-24(28)20-12-14-26(15-13-20)22(19-8-6-5-7-9-19)23(27)25-21-16-17(2)10-11-18(21)3/h5-11,16,20,22H,4,12-15H2,1-3H3,(H,25,27)/t22-/m1/s1. The topological polar surface area (TPSA) is 58.6 Å². The number of ether oxygens (including phenoxy) is 1. The van der Waals surface area contributed by atoms with Crippen molar-refractivity contribution in [3.8, 4) is 0 Å². The van der Waals surface area contributed by atoms with E-state index in [4.69, 9.17) is 4.74 Å². The minimum atomic E-state index is -0.390. The number of benzene rings is 2. The summed E-state index contributed by atoms with van der Waals surface area (Å²) in [5.74, 6) is -0.243. The highest BCUT2D eigenvalue weighted by atomic mass is 16.5. The Hall–Kier alpha value is -2.66. The zero-order chi connectivity index (χ0) is 20.8. The number of esters is 1. The van der Waals surface area contributed by atoms with Crippen molar-refractivity contribution in [3.63, 3.8) is 0 Å². The summed E-state index contributed by atoms with van der Waals surface area (Å²) in [5.41, 5.74) is 3.96. The smallest absolute Gasteiger partial charge is 0.309 e. The van der Waals surface area contributed by atoms with Gasteiger partial charge in [0.25, 0.3) is 0 Å². The van der Waals surface area contributed by atoms with Crippen LogP contribution in [0.15, 0.2) is 48.5 Å². The van der Waals surface area contributed by atoms with E-state index in [-0.39, 0.29) is 23.8 Å². The Morgan fingerprint density at radius 1 is 1.10 bits per heavy atom. The monoisotopic (exact) mass is 394 g/mol. The van der Waals surface area contributed by atoms with Gasteiger partial charge in [-0.05, 0) is 56.4 Å². The lowest BCUT2D eigenvalue weighted by Gasteiger charge is -2.36. The number of nitrogens with one attached hydrogen (secondary N) is 1. The molecule has 2 aromatic carbocycles. The molecule has 0 aromatic heterocycles. The lowest BCUT2D eigenvalue weighted by Crippen LogP contribution is -2.43. The summed E-state index contributed by atoms with van der Waals surface area (Å²) in [4.78, 5) is 27.6. The van der Waals surface area contributed by atoms with Gasteiger partial charge >= 0.3 is 5.97 Å². The van der Waals surface area contributed by atoms with E-state index >= 15 is 0 Å². The molecular formula is C24H30N2O3. The predicted octanol–water partition coefficient (Wildman–Crippen LogP) is 4.26. The van der Waals surface area contributed by atoms with Crippen molar-refractivity contribution >= 4 is 17.6 Å². The Balaban J connectivity index is 1.78. The molecule has 5 heteroatoms. The molecule has 154 valence electrons. The molecule has 1 atom stereocenters. The van der Waals surface area contributed by atoms with E-state index in [1.165, 1.54) is 0 Å². The van der Waals surface area contributed by atoms with E-state index < -0.39 is 0 Å². The maximum absolute atomic E-state index is 13.3. The first kappa shape index (κ1) is 21.1. The Kier molecular flexibility index (Phi) is 7.04. The van der Waals surface area contributed by atoms with Gasteiger partial charge in [-0.2, -0.15) is 0 Å². The number of nitrogens with zero attached hydrogens (tertiary/aromatic N) is 1. The summed E-state index contributed by atoms with van der Waals surface area (Å²) in [6.07, 6.45) is 1.41. The molecule has 0 bridgehead atoms. The molecule has 1 aliphatic rings. The van der Waals surface area contributed by atoms with E-state index in [9.17, 15) is 9.59 Å². The van der Waals surface area contributed by atoms with Crippen molar-refractivity contribution in [1.82, 2.24) is 4.90 Å². The van der Waals surface area contributed by atoms with E-state index in [1.807, 2.05) is 69.3 Å². The SMILES string of the molecule is CCOC(=O)C1CCN([C@@H](C(=O)Nc2cc(C)ccc2C)c2ccccc2)CC1. The van der Waals surface area contributed by atoms with Crippen LogP contribution < -0.4 is 5.32 Å². The number of hydrogen-bond acceptors (Lipinski definition) is 4. The van der Waals surface area contributed by atoms with Crippen molar-refractivity contribution < 1.29 is 14.3 Å². The molecule has 2 aromatic rings. The van der Waals surface area contributed by atoms with Gasteiger partial charge in [0.15, 0.2) is 0 Å². The number of anilines is 1. The average Bonchev–Trinajstić information content (AvgIpc) is 2.72. The largest absolute Gasteiger partial charge is 0.466 e. The van der Waals surface area contributed by atoms with Crippen LogP contribution in [0, 0.1) is 19.8 Å². The molecule has 3 rings (SSSR count). The Labute approximate surface area is 173 Å². The van der Waals surface area contributed by atoms with Gasteiger partial charge < -0.3 is 10.1 Å². The van der Waals surface area contributed by atoms with Crippen LogP contribution in [0.3, 0.4) is 0 Å². The highest BCUT2D eigenvalue weighted by Crippen LogP contribution is 2.29. The van der Waals surface area contributed by atoms with Crippen molar-refractivity contribution in [2.45, 2.75) is 39.7 Å². The third-order valence-corrected chi connectivity index (χ3v) is 5.53. The summed E-state index contributed by atoms with van der Waals surface area (Å²) >= 11 is 0. The van der Waals surface area contributed by atoms with Gasteiger partial charge in [0.1, 0.15) is 6.04 Å². The Morgan fingerprint density at radius 2 is 1.79 bits per heavy atom. The van der Waals surface area contributed by atoms with Gasteiger partial charge in [-0.3, -0.25) is 14.5 Å². The second-order valence-corrected chi connectivity index (χ2v) is 7.68. The zero-order valence-corrected chi connectivity index (χ0v) is 17.5. The highest BCUT2D eigenvalue weighted by molar-refractivity contribution is 5.96. The predicted molar refractivity (Wildman–Crippen MR) is 115 cm³/mol. The minimum absolute atomic E-state index is 0.0421. The number of likely N-dealkylation sites (tertiary alicyclic amines) is 1. The maximum Gasteiger partial charge on any atom is 0.309 e. The first-order valence-corrected chi connectivity index (χ1v) is 10.3. The molecule has 1 amide bonds. The van der Waals surface area contributed by atoms with Crippen LogP contribution in [-0.2, 0) is 14.3 Å². The fourth-order valence-electron chi connectivity index (χ4n) is 3.89. The third kappa shape index (κ3) is 5.24. The number of hydrogen-bond donors (Lipinski definition) is 1. The van der Waals surface area contributed by atoms with Crippen LogP contribution in [0.1, 0.15) is 42.5 Å². The molecule has 0 saturated carbocycles. The van der Waals surface area contributed by atoms with E-state index in [1.54, 1.807) is 0 Å². The quantitative estimate of drug-likeness (QED) is 0.744. The van der Waals surface area contributed by atoms with Gasteiger partial charge in [0.05, 0.1) is 12.5 Å². The van der Waals surface area contributed by atoms with Gasteiger partial charge in [-0.1, -0.05) is 42.5 Å². The second-order valence-electron chi connectivity index (χ2n) is 7.68. The fourth-order valence-corrected chi connectivity index (χ4v) is 3.89. The van der Waals surface area contributed by atoms with Gasteiger partial charge in [0.2, 0.25) is 5.91 Å². The Morgan fingerprint density at radius 3 is 2.45 bits per heavy atom. The average molecular weight is 395 g/mol. The third-order valence-electron chi connectivity index (χ3n) is 5.53. The van der Waals surface area contributed by atoms with E-state index in [0.717, 1.165) is 22.4 Å².